The van der Waals surface area contributed by atoms with Gasteiger partial charge in [0.2, 0.25) is 0 Å². The molecule has 2 heterocycles. The van der Waals surface area contributed by atoms with Crippen molar-refractivity contribution in [2.45, 2.75) is 13.5 Å². The minimum atomic E-state index is -0.270. The Bertz CT molecular complexity index is 929. The molecule has 1 amide bonds. The van der Waals surface area contributed by atoms with Crippen molar-refractivity contribution in [1.82, 2.24) is 15.3 Å². The van der Waals surface area contributed by atoms with Gasteiger partial charge in [0.1, 0.15) is 22.8 Å². The average molecular weight is 391 g/mol. The van der Waals surface area contributed by atoms with Gasteiger partial charge in [-0.2, -0.15) is 11.8 Å². The summed E-state index contributed by atoms with van der Waals surface area (Å²) < 4.78 is 13.3. The van der Waals surface area contributed by atoms with E-state index in [0.717, 1.165) is 27.1 Å². The molecule has 3 rings (SSSR count). The Morgan fingerprint density at radius 1 is 1.35 bits per heavy atom. The number of hydrogen-bond donors (Lipinski definition) is 2. The monoisotopic (exact) mass is 390 g/mol. The number of benzene rings is 1. The number of carbonyl (C=O) groups excluding carboxylic acids is 1. The Balaban J connectivity index is 1.84. The number of hydrogen-bond acceptors (Lipinski definition) is 6. The Morgan fingerprint density at radius 2 is 2.19 bits per heavy atom. The summed E-state index contributed by atoms with van der Waals surface area (Å²) in [6, 6.07) is 6.42. The van der Waals surface area contributed by atoms with E-state index in [4.69, 9.17) is 0 Å². The van der Waals surface area contributed by atoms with E-state index in [1.807, 2.05) is 19.2 Å². The van der Waals surface area contributed by atoms with Gasteiger partial charge in [0.25, 0.3) is 5.91 Å². The van der Waals surface area contributed by atoms with Crippen LogP contribution in [0.25, 0.3) is 10.2 Å². The number of thioether (sulfide) groups is 1. The maximum absolute atomic E-state index is 13.3. The number of rotatable bonds is 7. The van der Waals surface area contributed by atoms with Crippen LogP contribution in [0.3, 0.4) is 0 Å². The normalized spacial score (nSPS) is 10.9. The fourth-order valence-corrected chi connectivity index (χ4v) is 3.97. The van der Waals surface area contributed by atoms with Gasteiger partial charge in [-0.05, 0) is 36.4 Å². The van der Waals surface area contributed by atoms with Gasteiger partial charge in [0.15, 0.2) is 0 Å². The molecule has 0 fully saturated rings. The predicted molar refractivity (Wildman–Crippen MR) is 107 cm³/mol. The predicted octanol–water partition coefficient (Wildman–Crippen LogP) is 3.84. The summed E-state index contributed by atoms with van der Waals surface area (Å²) in [6.45, 7) is 2.97. The van der Waals surface area contributed by atoms with Gasteiger partial charge < -0.3 is 10.6 Å². The second kappa shape index (κ2) is 8.46. The van der Waals surface area contributed by atoms with Crippen LogP contribution in [0.2, 0.25) is 0 Å². The van der Waals surface area contributed by atoms with Crippen molar-refractivity contribution in [3.05, 3.63) is 52.4 Å². The summed E-state index contributed by atoms with van der Waals surface area (Å²) in [6.07, 6.45) is 3.48. The van der Waals surface area contributed by atoms with Gasteiger partial charge in [0, 0.05) is 18.8 Å². The minimum Gasteiger partial charge on any atom is -0.365 e. The zero-order valence-corrected chi connectivity index (χ0v) is 16.1. The van der Waals surface area contributed by atoms with Crippen LogP contribution in [0.4, 0.5) is 10.2 Å². The number of nitrogens with zero attached hydrogens (tertiary/aromatic N) is 2. The molecule has 0 spiro atoms. The summed E-state index contributed by atoms with van der Waals surface area (Å²) in [4.78, 5) is 22.4. The highest BCUT2D eigenvalue weighted by Gasteiger charge is 2.19. The molecule has 8 heteroatoms. The molecule has 0 saturated carbocycles. The van der Waals surface area contributed by atoms with E-state index in [1.165, 1.54) is 29.8 Å². The molecule has 26 heavy (non-hydrogen) atoms. The molecule has 0 aliphatic carbocycles. The van der Waals surface area contributed by atoms with Crippen molar-refractivity contribution in [3.63, 3.8) is 0 Å². The van der Waals surface area contributed by atoms with Crippen molar-refractivity contribution < 1.29 is 9.18 Å². The van der Waals surface area contributed by atoms with E-state index >= 15 is 0 Å². The SMILES string of the molecule is CSCCNC(=O)c1sc2ncnc(NCc3cccc(F)c3)c2c1C. The summed E-state index contributed by atoms with van der Waals surface area (Å²) in [7, 11) is 0. The van der Waals surface area contributed by atoms with Gasteiger partial charge >= 0.3 is 0 Å². The highest BCUT2D eigenvalue weighted by atomic mass is 32.2. The van der Waals surface area contributed by atoms with E-state index in [0.29, 0.717) is 23.8 Å². The summed E-state index contributed by atoms with van der Waals surface area (Å²) >= 11 is 3.04. The number of carbonyl (C=O) groups is 1. The van der Waals surface area contributed by atoms with Crippen LogP contribution in [0, 0.1) is 12.7 Å². The first kappa shape index (κ1) is 18.6. The van der Waals surface area contributed by atoms with E-state index in [2.05, 4.69) is 20.6 Å². The molecule has 0 aliphatic rings. The van der Waals surface area contributed by atoms with E-state index < -0.39 is 0 Å². The number of aromatic nitrogens is 2. The second-order valence-electron chi connectivity index (χ2n) is 5.69. The highest BCUT2D eigenvalue weighted by molar-refractivity contribution is 7.98. The molecule has 3 aromatic rings. The second-order valence-corrected chi connectivity index (χ2v) is 7.68. The molecular weight excluding hydrogens is 371 g/mol. The lowest BCUT2D eigenvalue weighted by Gasteiger charge is -2.08. The first-order valence-corrected chi connectivity index (χ1v) is 10.3. The lowest BCUT2D eigenvalue weighted by Crippen LogP contribution is -2.25. The maximum Gasteiger partial charge on any atom is 0.261 e. The van der Waals surface area contributed by atoms with Gasteiger partial charge in [-0.3, -0.25) is 4.79 Å². The third-order valence-corrected chi connectivity index (χ3v) is 5.68. The number of amides is 1. The van der Waals surface area contributed by atoms with Crippen molar-refractivity contribution >= 4 is 45.0 Å². The average Bonchev–Trinajstić information content (AvgIpc) is 2.98. The van der Waals surface area contributed by atoms with Gasteiger partial charge in [-0.25, -0.2) is 14.4 Å². The first-order chi connectivity index (χ1) is 12.6. The van der Waals surface area contributed by atoms with Crippen molar-refractivity contribution in [2.24, 2.45) is 0 Å². The van der Waals surface area contributed by atoms with Gasteiger partial charge in [0.05, 0.1) is 10.3 Å². The molecule has 0 atom stereocenters. The fourth-order valence-electron chi connectivity index (χ4n) is 2.60. The minimum absolute atomic E-state index is 0.0874. The summed E-state index contributed by atoms with van der Waals surface area (Å²) in [5.41, 5.74) is 1.67. The topological polar surface area (TPSA) is 66.9 Å². The lowest BCUT2D eigenvalue weighted by molar-refractivity contribution is 0.0960. The van der Waals surface area contributed by atoms with Crippen molar-refractivity contribution in [1.29, 1.82) is 0 Å². The van der Waals surface area contributed by atoms with Crippen LogP contribution in [0.1, 0.15) is 20.8 Å². The number of anilines is 1. The van der Waals surface area contributed by atoms with E-state index in [-0.39, 0.29) is 11.7 Å². The highest BCUT2D eigenvalue weighted by Crippen LogP contribution is 2.33. The fraction of sp³-hybridized carbons (Fsp3) is 0.278. The molecule has 0 bridgehead atoms. The maximum atomic E-state index is 13.3. The molecular formula is C18H19FN4OS2. The number of nitrogens with one attached hydrogen (secondary N) is 2. The van der Waals surface area contributed by atoms with Crippen molar-refractivity contribution in [3.8, 4) is 0 Å². The molecule has 0 saturated heterocycles. The largest absolute Gasteiger partial charge is 0.365 e. The van der Waals surface area contributed by atoms with Crippen LogP contribution in [0.5, 0.6) is 0 Å². The third kappa shape index (κ3) is 4.13. The smallest absolute Gasteiger partial charge is 0.261 e. The Kier molecular flexibility index (Phi) is 6.05. The molecule has 1 aromatic carbocycles. The molecule has 2 N–H and O–H groups in total. The molecule has 2 aromatic heterocycles. The van der Waals surface area contributed by atoms with Crippen LogP contribution >= 0.6 is 23.1 Å². The number of fused-ring (bicyclic) bond motifs is 1. The van der Waals surface area contributed by atoms with E-state index in [9.17, 15) is 9.18 Å². The Labute approximate surface area is 159 Å². The van der Waals surface area contributed by atoms with E-state index in [1.54, 1.807) is 17.8 Å². The third-order valence-electron chi connectivity index (χ3n) is 3.87. The summed E-state index contributed by atoms with van der Waals surface area (Å²) in [5.74, 6) is 1.16. The van der Waals surface area contributed by atoms with Crippen LogP contribution in [-0.4, -0.2) is 34.4 Å². The first-order valence-electron chi connectivity index (χ1n) is 8.09. The van der Waals surface area contributed by atoms with Crippen LogP contribution in [0.15, 0.2) is 30.6 Å². The molecule has 0 unspecified atom stereocenters. The Hall–Kier alpha value is -2.19. The molecule has 136 valence electrons. The molecule has 5 nitrogen and oxygen atoms in total. The number of halogens is 1. The zero-order valence-electron chi connectivity index (χ0n) is 14.5. The molecule has 0 aliphatic heterocycles. The number of thiophene rings is 1. The quantitative estimate of drug-likeness (QED) is 0.600. The van der Waals surface area contributed by atoms with Gasteiger partial charge in [-0.1, -0.05) is 12.1 Å². The van der Waals surface area contributed by atoms with Crippen LogP contribution in [-0.2, 0) is 6.54 Å². The van der Waals surface area contributed by atoms with Gasteiger partial charge in [-0.15, -0.1) is 11.3 Å². The summed E-state index contributed by atoms with van der Waals surface area (Å²) in [5, 5.41) is 6.99. The lowest BCUT2D eigenvalue weighted by atomic mass is 10.2. The number of aryl methyl sites for hydroxylation is 1. The molecule has 0 radical (unpaired) electrons. The Morgan fingerprint density at radius 3 is 2.96 bits per heavy atom. The zero-order chi connectivity index (χ0) is 18.5. The van der Waals surface area contributed by atoms with Crippen molar-refractivity contribution in [2.75, 3.05) is 23.9 Å². The standard InChI is InChI=1S/C18H19FN4OS2/c1-11-14-16(21-9-12-4-3-5-13(19)8-12)22-10-23-18(14)26-15(11)17(24)20-6-7-25-2/h3-5,8,10H,6-7,9H2,1-2H3,(H,20,24)(H,21,22,23). The van der Waals surface area contributed by atoms with Crippen LogP contribution < -0.4 is 10.6 Å².